The van der Waals surface area contributed by atoms with Gasteiger partial charge in [0.1, 0.15) is 11.8 Å². The summed E-state index contributed by atoms with van der Waals surface area (Å²) in [6.07, 6.45) is -0.809. The number of carbonyl (C=O) groups is 2. The molecule has 0 saturated carbocycles. The number of β-amino-alcohol motifs (C(OH)–C–C–N with tert-alkyl or cyclic N) is 1. The molecule has 0 bridgehead atoms. The minimum absolute atomic E-state index is 0.00881. The van der Waals surface area contributed by atoms with E-state index in [-0.39, 0.29) is 18.7 Å². The van der Waals surface area contributed by atoms with Crippen LogP contribution in [-0.2, 0) is 4.79 Å². The fourth-order valence-electron chi connectivity index (χ4n) is 2.50. The Kier molecular flexibility index (Phi) is 4.32. The number of carbonyl (C=O) groups excluding carboxylic acids is 1. The van der Waals surface area contributed by atoms with Gasteiger partial charge >= 0.3 is 12.0 Å². The fourth-order valence-corrected chi connectivity index (χ4v) is 2.50. The molecule has 1 fully saturated rings. The zero-order chi connectivity index (χ0) is 15.6. The van der Waals surface area contributed by atoms with Crippen LogP contribution in [0.25, 0.3) is 0 Å². The molecule has 0 aliphatic carbocycles. The Bertz CT molecular complexity index is 548. The van der Waals surface area contributed by atoms with E-state index in [1.807, 2.05) is 0 Å². The summed E-state index contributed by atoms with van der Waals surface area (Å²) in [4.78, 5) is 26.3. The lowest BCUT2D eigenvalue weighted by Crippen LogP contribution is -2.48. The smallest absolute Gasteiger partial charge is 0.326 e. The number of hydrogen-bond donors (Lipinski definition) is 3. The van der Waals surface area contributed by atoms with E-state index in [0.29, 0.717) is 12.2 Å². The molecule has 1 aromatic rings. The van der Waals surface area contributed by atoms with Crippen LogP contribution in [0.4, 0.5) is 10.5 Å². The van der Waals surface area contributed by atoms with Crippen LogP contribution in [0.1, 0.15) is 13.3 Å². The molecule has 1 unspecified atom stereocenters. The second kappa shape index (κ2) is 6.01. The van der Waals surface area contributed by atoms with Crippen molar-refractivity contribution >= 4 is 17.7 Å². The number of carboxylic acid groups (broad SMARTS) is 1. The molecule has 0 spiro atoms. The highest BCUT2D eigenvalue weighted by atomic mass is 16.4. The highest BCUT2D eigenvalue weighted by Gasteiger charge is 2.40. The Morgan fingerprint density at radius 3 is 2.71 bits per heavy atom. The fraction of sp³-hybridized carbons (Fsp3) is 0.429. The highest BCUT2D eigenvalue weighted by Crippen LogP contribution is 2.25. The van der Waals surface area contributed by atoms with Crippen molar-refractivity contribution in [3.63, 3.8) is 0 Å². The van der Waals surface area contributed by atoms with Crippen LogP contribution in [0.5, 0.6) is 5.75 Å². The van der Waals surface area contributed by atoms with Crippen LogP contribution in [0.3, 0.4) is 0 Å². The summed E-state index contributed by atoms with van der Waals surface area (Å²) in [5, 5.41) is 28.3. The molecule has 1 aromatic carbocycles. The minimum Gasteiger partial charge on any atom is -0.508 e. The molecule has 2 amide bonds. The molecule has 7 heteroatoms. The van der Waals surface area contributed by atoms with Gasteiger partial charge in [-0.3, -0.25) is 4.90 Å². The number of hydrogen-bond acceptors (Lipinski definition) is 4. The molecule has 1 aliphatic rings. The Labute approximate surface area is 122 Å². The van der Waals surface area contributed by atoms with E-state index in [1.54, 1.807) is 19.1 Å². The molecule has 114 valence electrons. The van der Waals surface area contributed by atoms with Crippen molar-refractivity contribution in [1.82, 2.24) is 4.90 Å². The number of aromatic hydroxyl groups is 1. The lowest BCUT2D eigenvalue weighted by atomic mass is 10.2. The molecule has 2 rings (SSSR count). The van der Waals surface area contributed by atoms with E-state index < -0.39 is 24.1 Å². The number of nitrogens with zero attached hydrogens (tertiary/aromatic N) is 2. The van der Waals surface area contributed by atoms with Gasteiger partial charge in [-0.1, -0.05) is 6.07 Å². The molecule has 0 radical (unpaired) electrons. The lowest BCUT2D eigenvalue weighted by molar-refractivity contribution is -0.141. The van der Waals surface area contributed by atoms with Crippen molar-refractivity contribution in [2.45, 2.75) is 25.5 Å². The molecular formula is C14H18N2O5. The first kappa shape index (κ1) is 15.1. The number of aliphatic hydroxyl groups is 1. The van der Waals surface area contributed by atoms with Crippen molar-refractivity contribution in [3.8, 4) is 5.75 Å². The van der Waals surface area contributed by atoms with Crippen LogP contribution in [0.2, 0.25) is 0 Å². The number of phenolic OH excluding ortho intramolecular Hbond substituents is 1. The van der Waals surface area contributed by atoms with Gasteiger partial charge in [0.2, 0.25) is 0 Å². The summed E-state index contributed by atoms with van der Waals surface area (Å²) in [6.45, 7) is 2.07. The third-order valence-electron chi connectivity index (χ3n) is 3.50. The molecule has 1 saturated heterocycles. The van der Waals surface area contributed by atoms with Gasteiger partial charge in [0.15, 0.2) is 0 Å². The number of likely N-dealkylation sites (tertiary alicyclic amines) is 1. The van der Waals surface area contributed by atoms with E-state index in [9.17, 15) is 19.8 Å². The lowest BCUT2D eigenvalue weighted by Gasteiger charge is -2.29. The monoisotopic (exact) mass is 294 g/mol. The third-order valence-corrected chi connectivity index (χ3v) is 3.50. The zero-order valence-electron chi connectivity index (χ0n) is 11.6. The average Bonchev–Trinajstić information content (AvgIpc) is 2.82. The van der Waals surface area contributed by atoms with E-state index in [2.05, 4.69) is 0 Å². The van der Waals surface area contributed by atoms with Gasteiger partial charge in [-0.25, -0.2) is 9.59 Å². The van der Waals surface area contributed by atoms with Gasteiger partial charge in [-0.05, 0) is 19.1 Å². The first-order chi connectivity index (χ1) is 9.93. The number of rotatable bonds is 3. The number of urea groups is 1. The van der Waals surface area contributed by atoms with E-state index in [0.717, 1.165) is 4.90 Å². The van der Waals surface area contributed by atoms with Gasteiger partial charge in [-0.15, -0.1) is 0 Å². The molecular weight excluding hydrogens is 276 g/mol. The summed E-state index contributed by atoms with van der Waals surface area (Å²) < 4.78 is 0. The highest BCUT2D eigenvalue weighted by molar-refractivity contribution is 5.95. The summed E-state index contributed by atoms with van der Waals surface area (Å²) in [6, 6.07) is 4.66. The van der Waals surface area contributed by atoms with Crippen molar-refractivity contribution in [2.24, 2.45) is 0 Å². The maximum atomic E-state index is 12.5. The Morgan fingerprint density at radius 2 is 2.14 bits per heavy atom. The SMILES string of the molecule is CCN(C(=O)N1CC(O)C[C@H]1C(=O)O)c1cccc(O)c1. The molecule has 21 heavy (non-hydrogen) atoms. The maximum Gasteiger partial charge on any atom is 0.326 e. The molecule has 7 nitrogen and oxygen atoms in total. The van der Waals surface area contributed by atoms with E-state index in [4.69, 9.17) is 5.11 Å². The predicted octanol–water partition coefficient (Wildman–Crippen LogP) is 0.858. The Hall–Kier alpha value is -2.28. The summed E-state index contributed by atoms with van der Waals surface area (Å²) in [5.74, 6) is -1.11. The van der Waals surface area contributed by atoms with E-state index in [1.165, 1.54) is 17.0 Å². The average molecular weight is 294 g/mol. The summed E-state index contributed by atoms with van der Waals surface area (Å²) in [5.41, 5.74) is 0.480. The van der Waals surface area contributed by atoms with Crippen LogP contribution < -0.4 is 4.90 Å². The standard InChI is InChI=1S/C14H18N2O5/c1-2-15(9-4-3-5-10(17)6-9)14(21)16-8-11(18)7-12(16)13(19)20/h3-6,11-12,17-18H,2,7-8H2,1H3,(H,19,20)/t11?,12-/m0/s1. The van der Waals surface area contributed by atoms with Crippen molar-refractivity contribution < 1.29 is 24.9 Å². The summed E-state index contributed by atoms with van der Waals surface area (Å²) in [7, 11) is 0. The number of phenols is 1. The second-order valence-corrected chi connectivity index (χ2v) is 4.94. The molecule has 1 aliphatic heterocycles. The number of anilines is 1. The number of amides is 2. The minimum atomic E-state index is -1.13. The van der Waals surface area contributed by atoms with Crippen LogP contribution in [0.15, 0.2) is 24.3 Å². The molecule has 3 N–H and O–H groups in total. The summed E-state index contributed by atoms with van der Waals surface area (Å²) >= 11 is 0. The van der Waals surface area contributed by atoms with Crippen LogP contribution >= 0.6 is 0 Å². The van der Waals surface area contributed by atoms with E-state index >= 15 is 0 Å². The number of aliphatic carboxylic acids is 1. The van der Waals surface area contributed by atoms with Crippen molar-refractivity contribution in [2.75, 3.05) is 18.0 Å². The van der Waals surface area contributed by atoms with Gasteiger partial charge in [0.05, 0.1) is 6.10 Å². The Balaban J connectivity index is 2.26. The van der Waals surface area contributed by atoms with Gasteiger partial charge in [0, 0.05) is 31.3 Å². The topological polar surface area (TPSA) is 101 Å². The second-order valence-electron chi connectivity index (χ2n) is 4.94. The first-order valence-corrected chi connectivity index (χ1v) is 6.72. The zero-order valence-corrected chi connectivity index (χ0v) is 11.6. The first-order valence-electron chi connectivity index (χ1n) is 6.72. The number of aliphatic hydroxyl groups excluding tert-OH is 1. The van der Waals surface area contributed by atoms with Crippen LogP contribution in [-0.4, -0.2) is 57.5 Å². The normalized spacial score (nSPS) is 21.3. The maximum absolute atomic E-state index is 12.5. The quantitative estimate of drug-likeness (QED) is 0.767. The largest absolute Gasteiger partial charge is 0.508 e. The van der Waals surface area contributed by atoms with Gasteiger partial charge in [-0.2, -0.15) is 0 Å². The third kappa shape index (κ3) is 3.08. The van der Waals surface area contributed by atoms with Gasteiger partial charge in [0.25, 0.3) is 0 Å². The number of benzene rings is 1. The van der Waals surface area contributed by atoms with Crippen LogP contribution in [0, 0.1) is 0 Å². The van der Waals surface area contributed by atoms with Crippen molar-refractivity contribution in [3.05, 3.63) is 24.3 Å². The Morgan fingerprint density at radius 1 is 1.43 bits per heavy atom. The molecule has 2 atom stereocenters. The number of carboxylic acids is 1. The van der Waals surface area contributed by atoms with Crippen molar-refractivity contribution in [1.29, 1.82) is 0 Å². The molecule has 0 aromatic heterocycles. The predicted molar refractivity (Wildman–Crippen MR) is 75.3 cm³/mol. The molecule has 1 heterocycles. The van der Waals surface area contributed by atoms with Gasteiger partial charge < -0.3 is 20.2 Å².